The van der Waals surface area contributed by atoms with Gasteiger partial charge in [0.2, 0.25) is 53.2 Å². The van der Waals surface area contributed by atoms with Gasteiger partial charge in [0.15, 0.2) is 0 Å². The molecule has 0 aliphatic rings. The van der Waals surface area contributed by atoms with Crippen molar-refractivity contribution in [1.82, 2.24) is 52.8 Å². The predicted octanol–water partition coefficient (Wildman–Crippen LogP) is 0.330. The van der Waals surface area contributed by atoms with Crippen molar-refractivity contribution in [2.24, 2.45) is 46.2 Å². The van der Waals surface area contributed by atoms with Crippen molar-refractivity contribution in [2.45, 2.75) is 223 Å². The fourth-order valence-corrected chi connectivity index (χ4v) is 10.8. The van der Waals surface area contributed by atoms with Gasteiger partial charge in [-0.25, -0.2) is 4.79 Å². The molecule has 11 atom stereocenters. The zero-order valence-electron chi connectivity index (χ0n) is 56.4. The number of unbranched alkanes of at least 4 members (excludes halogenated alkanes) is 5. The Labute approximate surface area is 563 Å². The number of carbonyl (C=O) groups excluding carboxylic acids is 9. The van der Waals surface area contributed by atoms with Gasteiger partial charge in [-0.15, -0.1) is 0 Å². The fourth-order valence-electron chi connectivity index (χ4n) is 10.8. The zero-order chi connectivity index (χ0) is 71.1. The molecule has 1 aromatic heterocycles. The minimum absolute atomic E-state index is 0.0114. The number of aliphatic carboxylic acids is 2. The molecule has 0 fully saturated rings. The van der Waals surface area contributed by atoms with Crippen molar-refractivity contribution >= 4 is 76.0 Å². The highest BCUT2D eigenvalue weighted by Crippen LogP contribution is 2.21. The van der Waals surface area contributed by atoms with Crippen LogP contribution in [0.25, 0.3) is 10.9 Å². The first-order chi connectivity index (χ1) is 45.9. The number of aromatic amines is 1. The summed E-state index contributed by atoms with van der Waals surface area (Å²) in [4.78, 5) is 157. The lowest BCUT2D eigenvalue weighted by Gasteiger charge is -2.30. The fraction of sp³-hybridized carbons (Fsp3) is 0.627. The zero-order valence-corrected chi connectivity index (χ0v) is 56.4. The van der Waals surface area contributed by atoms with Gasteiger partial charge in [0.05, 0.1) is 6.04 Å². The summed E-state index contributed by atoms with van der Waals surface area (Å²) in [5.74, 6) is -10.4. The summed E-state index contributed by atoms with van der Waals surface area (Å²) in [6, 6.07) is 3.22. The Bertz CT molecular complexity index is 2920. The molecule has 0 radical (unpaired) electrons. The Kier molecular flexibility index (Phi) is 38.8. The highest BCUT2D eigenvalue weighted by atomic mass is 16.4. The van der Waals surface area contributed by atoms with Crippen molar-refractivity contribution in [3.05, 3.63) is 71.9 Å². The summed E-state index contributed by atoms with van der Waals surface area (Å²) >= 11 is 0. The van der Waals surface area contributed by atoms with E-state index < -0.39 is 144 Å². The number of hydrogen-bond acceptors (Lipinski definition) is 17. The molecule has 536 valence electrons. The van der Waals surface area contributed by atoms with Crippen LogP contribution < -0.4 is 82.3 Å². The monoisotopic (exact) mass is 1350 g/mol. The summed E-state index contributed by atoms with van der Waals surface area (Å²) in [6.07, 6.45) is 5.98. The third kappa shape index (κ3) is 29.9. The number of benzene rings is 2. The molecule has 29 heteroatoms. The maximum absolute atomic E-state index is 14.9. The number of H-pyrrole nitrogens is 1. The lowest BCUT2D eigenvalue weighted by Crippen LogP contribution is -2.61. The lowest BCUT2D eigenvalue weighted by molar-refractivity contribution is -0.143. The van der Waals surface area contributed by atoms with Gasteiger partial charge in [-0.3, -0.25) is 47.9 Å². The second kappa shape index (κ2) is 45.4. The number of hydrogen-bond donors (Lipinski definition) is 18. The van der Waals surface area contributed by atoms with Gasteiger partial charge in [-0.05, 0) is 164 Å². The number of carboxylic acid groups (broad SMARTS) is 2. The van der Waals surface area contributed by atoms with Crippen molar-refractivity contribution < 1.29 is 63.0 Å². The largest absolute Gasteiger partial charge is 0.481 e. The number of aromatic nitrogens is 1. The van der Waals surface area contributed by atoms with Crippen LogP contribution in [0, 0.1) is 11.8 Å². The topological polar surface area (TPSA) is 508 Å². The molecular formula is C67H110N16O13. The molecule has 0 saturated carbocycles. The molecule has 1 heterocycles. The maximum Gasteiger partial charge on any atom is 0.326 e. The van der Waals surface area contributed by atoms with Crippen LogP contribution in [-0.2, 0) is 65.6 Å². The van der Waals surface area contributed by atoms with Gasteiger partial charge in [0, 0.05) is 36.4 Å². The Hall–Kier alpha value is -8.09. The number of nitrogens with two attached hydrogens (primary N) is 6. The van der Waals surface area contributed by atoms with Crippen LogP contribution in [0.2, 0.25) is 0 Å². The molecule has 0 saturated heterocycles. The van der Waals surface area contributed by atoms with E-state index in [0.29, 0.717) is 89.2 Å². The average molecular weight is 1350 g/mol. The molecule has 0 aliphatic heterocycles. The third-order valence-corrected chi connectivity index (χ3v) is 16.7. The number of fused-ring (bicyclic) bond motifs is 1. The summed E-state index contributed by atoms with van der Waals surface area (Å²) in [5.41, 5.74) is 37.3. The molecule has 24 N–H and O–H groups in total. The van der Waals surface area contributed by atoms with E-state index in [2.05, 4.69) is 52.8 Å². The number of para-hydroxylation sites is 1. The van der Waals surface area contributed by atoms with Crippen LogP contribution in [0.3, 0.4) is 0 Å². The molecule has 3 rings (SSSR count). The summed E-state index contributed by atoms with van der Waals surface area (Å²) in [6.45, 7) is 8.53. The minimum atomic E-state index is -1.53. The van der Waals surface area contributed by atoms with Crippen LogP contribution in [0.4, 0.5) is 0 Å². The summed E-state index contributed by atoms with van der Waals surface area (Å²) < 4.78 is 0. The standard InChI is InChI=1S/C67H110N16O13/c1-5-42(4)57(66(94)78-51(30-31-56(84)85)61(89)79-52(67(95)96)29-15-20-36-72)83-62(90)50(28-14-19-35-71)75-59(87)48(26-12-17-33-69)76-64(92)54(38-43-21-7-6-8-22-43)82-63(91)53(37-41(2)3)81-60(88)49(27-13-18-34-70)77-65(93)55(80-58(86)46(73)24-11-16-32-68)39-44-40-74-47-25-10-9-23-45(44)47/h6-10,21-23,25,40-42,46,48-55,57,74H,5,11-20,24,26-39,68-73H2,1-4H3,(H,75,87)(H,76,92)(H,77,93)(H,78,94)(H,79,89)(H,80,86)(H,81,88)(H,82,91)(H,83,90)(H,84,85)(H,95,96)/t42-,46-,48-,49-,50-,51-,52-,53-,54-,55-,57-/m0/s1. The number of carbonyl (C=O) groups is 11. The Morgan fingerprint density at radius 3 is 1.29 bits per heavy atom. The van der Waals surface area contributed by atoms with Gasteiger partial charge in [-0.2, -0.15) is 0 Å². The Balaban J connectivity index is 1.99. The van der Waals surface area contributed by atoms with Gasteiger partial charge < -0.3 is 97.5 Å². The second-order valence-electron chi connectivity index (χ2n) is 25.0. The van der Waals surface area contributed by atoms with E-state index in [9.17, 15) is 63.0 Å². The van der Waals surface area contributed by atoms with Gasteiger partial charge in [0.25, 0.3) is 0 Å². The van der Waals surface area contributed by atoms with Crippen molar-refractivity contribution in [1.29, 1.82) is 0 Å². The van der Waals surface area contributed by atoms with Crippen molar-refractivity contribution in [2.75, 3.05) is 32.7 Å². The van der Waals surface area contributed by atoms with E-state index in [-0.39, 0.29) is 77.0 Å². The number of carboxylic acids is 2. The molecule has 29 nitrogen and oxygen atoms in total. The first-order valence-corrected chi connectivity index (χ1v) is 33.9. The Morgan fingerprint density at radius 2 is 0.812 bits per heavy atom. The molecule has 0 spiro atoms. The maximum atomic E-state index is 14.9. The van der Waals surface area contributed by atoms with Gasteiger partial charge in [-0.1, -0.05) is 89.1 Å². The molecule has 3 aromatic rings. The normalized spacial score (nSPS) is 14.8. The van der Waals surface area contributed by atoms with Gasteiger partial charge in [0.1, 0.15) is 54.4 Å². The van der Waals surface area contributed by atoms with Crippen LogP contribution in [0.5, 0.6) is 0 Å². The number of amides is 9. The quantitative estimate of drug-likeness (QED) is 0.0339. The summed E-state index contributed by atoms with van der Waals surface area (Å²) in [5, 5.41) is 44.8. The van der Waals surface area contributed by atoms with E-state index >= 15 is 0 Å². The first kappa shape index (κ1) is 82.1. The van der Waals surface area contributed by atoms with Crippen LogP contribution in [-0.4, -0.2) is 173 Å². The average Bonchev–Trinajstić information content (AvgIpc) is 1.72. The van der Waals surface area contributed by atoms with E-state index in [1.807, 2.05) is 38.1 Å². The van der Waals surface area contributed by atoms with E-state index in [1.54, 1.807) is 50.4 Å². The van der Waals surface area contributed by atoms with Gasteiger partial charge >= 0.3 is 11.9 Å². The molecule has 96 heavy (non-hydrogen) atoms. The molecule has 9 amide bonds. The summed E-state index contributed by atoms with van der Waals surface area (Å²) in [7, 11) is 0. The van der Waals surface area contributed by atoms with Crippen LogP contribution in [0.1, 0.15) is 161 Å². The minimum Gasteiger partial charge on any atom is -0.481 e. The second-order valence-corrected chi connectivity index (χ2v) is 25.0. The molecule has 0 aliphatic carbocycles. The molecular weight excluding hydrogens is 1240 g/mol. The predicted molar refractivity (Wildman–Crippen MR) is 365 cm³/mol. The van der Waals surface area contributed by atoms with Crippen molar-refractivity contribution in [3.8, 4) is 0 Å². The van der Waals surface area contributed by atoms with Crippen LogP contribution >= 0.6 is 0 Å². The highest BCUT2D eigenvalue weighted by Gasteiger charge is 2.37. The SMILES string of the molecule is CC[C@H](C)[C@H](NC(=O)[C@H](CCCCN)NC(=O)[C@H](CCCCN)NC(=O)[C@H](Cc1ccccc1)NC(=O)[C@H](CC(C)C)NC(=O)[C@H](CCCCN)NC(=O)[C@H](Cc1c[nH]c2ccccc12)NC(=O)[C@@H](N)CCCCN)C(=O)N[C@@H](CCC(=O)O)C(=O)N[C@@H](CCCCN)C(=O)O. The lowest BCUT2D eigenvalue weighted by atomic mass is 9.96. The van der Waals surface area contributed by atoms with E-state index in [1.165, 1.54) is 0 Å². The number of rotatable bonds is 50. The highest BCUT2D eigenvalue weighted by molar-refractivity contribution is 5.99. The van der Waals surface area contributed by atoms with Crippen LogP contribution in [0.15, 0.2) is 60.8 Å². The molecule has 0 unspecified atom stereocenters. The Morgan fingerprint density at radius 1 is 0.427 bits per heavy atom. The third-order valence-electron chi connectivity index (χ3n) is 16.7. The molecule has 0 bridgehead atoms. The van der Waals surface area contributed by atoms with Crippen molar-refractivity contribution in [3.63, 3.8) is 0 Å². The first-order valence-electron chi connectivity index (χ1n) is 33.9. The molecule has 2 aromatic carbocycles. The number of nitrogens with one attached hydrogen (secondary N) is 10. The van der Waals surface area contributed by atoms with E-state index in [4.69, 9.17) is 34.4 Å². The smallest absolute Gasteiger partial charge is 0.326 e. The van der Waals surface area contributed by atoms with E-state index in [0.717, 1.165) is 16.5 Å².